The summed E-state index contributed by atoms with van der Waals surface area (Å²) >= 11 is 0. The van der Waals surface area contributed by atoms with E-state index in [0.717, 1.165) is 5.92 Å². The highest BCUT2D eigenvalue weighted by Gasteiger charge is 2.19. The van der Waals surface area contributed by atoms with Gasteiger partial charge in [0.2, 0.25) is 0 Å². The quantitative estimate of drug-likeness (QED) is 0.402. The molecule has 0 radical (unpaired) electrons. The fourth-order valence-corrected chi connectivity index (χ4v) is 2.38. The predicted octanol–water partition coefficient (Wildman–Crippen LogP) is 3.86. The Hall–Kier alpha value is -0.300. The minimum Gasteiger partial charge on any atom is -0.326 e. The molecule has 0 N–H and O–H groups in total. The van der Waals surface area contributed by atoms with Crippen LogP contribution in [0.4, 0.5) is 0 Å². The monoisotopic (exact) mass is 212 g/mol. The number of rotatable bonds is 9. The van der Waals surface area contributed by atoms with E-state index in [1.54, 1.807) is 0 Å². The molecule has 15 heavy (non-hydrogen) atoms. The standard InChI is InChI=1S/C14H30N/c1-6-11-15(5,12-7-2)13-10-14(8-3)9-4/h8,14H,3,6-7,9-13H2,1-2,4-5H3/q+1/t14-/m1/s1. The first-order chi connectivity index (χ1) is 7.11. The molecule has 0 aliphatic carbocycles. The van der Waals surface area contributed by atoms with Gasteiger partial charge in [0, 0.05) is 6.42 Å². The molecular weight excluding hydrogens is 182 g/mol. The molecule has 0 rings (SSSR count). The second-order valence-corrected chi connectivity index (χ2v) is 4.98. The van der Waals surface area contributed by atoms with Crippen molar-refractivity contribution in [2.45, 2.75) is 46.5 Å². The van der Waals surface area contributed by atoms with Crippen LogP contribution in [0.3, 0.4) is 0 Å². The van der Waals surface area contributed by atoms with Gasteiger partial charge >= 0.3 is 0 Å². The molecule has 0 bridgehead atoms. The molecule has 0 saturated heterocycles. The average Bonchev–Trinajstić information content (AvgIpc) is 2.20. The third-order valence-corrected chi connectivity index (χ3v) is 3.42. The Kier molecular flexibility index (Phi) is 7.76. The molecule has 0 fully saturated rings. The lowest BCUT2D eigenvalue weighted by molar-refractivity contribution is -0.910. The van der Waals surface area contributed by atoms with Gasteiger partial charge in [0.05, 0.1) is 26.7 Å². The molecule has 0 unspecified atom stereocenters. The number of hydrogen-bond donors (Lipinski definition) is 0. The van der Waals surface area contributed by atoms with Gasteiger partial charge in [-0.3, -0.25) is 0 Å². The summed E-state index contributed by atoms with van der Waals surface area (Å²) in [5.74, 6) is 0.719. The maximum atomic E-state index is 3.92. The molecule has 1 atom stereocenters. The SMILES string of the molecule is C=C[C@H](CC)CC[N+](C)(CCC)CCC. The van der Waals surface area contributed by atoms with Crippen molar-refractivity contribution in [3.8, 4) is 0 Å². The van der Waals surface area contributed by atoms with Crippen LogP contribution in [0.25, 0.3) is 0 Å². The van der Waals surface area contributed by atoms with E-state index in [1.807, 2.05) is 0 Å². The Morgan fingerprint density at radius 2 is 1.60 bits per heavy atom. The van der Waals surface area contributed by atoms with Gasteiger partial charge < -0.3 is 4.48 Å². The normalized spacial score (nSPS) is 13.9. The molecule has 0 heterocycles. The number of allylic oxidation sites excluding steroid dienone is 1. The summed E-state index contributed by atoms with van der Waals surface area (Å²) < 4.78 is 1.25. The van der Waals surface area contributed by atoms with E-state index in [0.29, 0.717) is 0 Å². The first-order valence-corrected chi connectivity index (χ1v) is 6.58. The van der Waals surface area contributed by atoms with Crippen molar-refractivity contribution in [3.05, 3.63) is 12.7 Å². The van der Waals surface area contributed by atoms with Gasteiger partial charge in [-0.1, -0.05) is 26.8 Å². The fourth-order valence-electron chi connectivity index (χ4n) is 2.38. The van der Waals surface area contributed by atoms with Crippen molar-refractivity contribution in [1.29, 1.82) is 0 Å². The van der Waals surface area contributed by atoms with Crippen LogP contribution in [-0.2, 0) is 0 Å². The number of hydrogen-bond acceptors (Lipinski definition) is 0. The van der Waals surface area contributed by atoms with Gasteiger partial charge in [-0.2, -0.15) is 0 Å². The first kappa shape index (κ1) is 14.7. The Morgan fingerprint density at radius 1 is 1.07 bits per heavy atom. The van der Waals surface area contributed by atoms with E-state index in [1.165, 1.54) is 49.8 Å². The first-order valence-electron chi connectivity index (χ1n) is 6.58. The Balaban J connectivity index is 4.09. The van der Waals surface area contributed by atoms with Crippen LogP contribution in [0.2, 0.25) is 0 Å². The van der Waals surface area contributed by atoms with Crippen molar-refractivity contribution in [2.24, 2.45) is 5.92 Å². The molecule has 0 spiro atoms. The van der Waals surface area contributed by atoms with E-state index in [9.17, 15) is 0 Å². The highest BCUT2D eigenvalue weighted by Crippen LogP contribution is 2.14. The van der Waals surface area contributed by atoms with Crippen molar-refractivity contribution >= 4 is 0 Å². The summed E-state index contributed by atoms with van der Waals surface area (Å²) in [6, 6.07) is 0. The van der Waals surface area contributed by atoms with Gasteiger partial charge in [-0.05, 0) is 25.2 Å². The summed E-state index contributed by atoms with van der Waals surface area (Å²) in [5, 5.41) is 0. The largest absolute Gasteiger partial charge is 0.326 e. The molecule has 0 aliphatic rings. The zero-order valence-corrected chi connectivity index (χ0v) is 11.3. The van der Waals surface area contributed by atoms with Crippen LogP contribution in [0.5, 0.6) is 0 Å². The van der Waals surface area contributed by atoms with Crippen LogP contribution in [-0.4, -0.2) is 31.2 Å². The maximum absolute atomic E-state index is 3.92. The predicted molar refractivity (Wildman–Crippen MR) is 70.0 cm³/mol. The summed E-state index contributed by atoms with van der Waals surface area (Å²) in [7, 11) is 2.41. The zero-order chi connectivity index (χ0) is 11.7. The number of quaternary nitrogens is 1. The van der Waals surface area contributed by atoms with E-state index < -0.39 is 0 Å². The molecule has 90 valence electrons. The Bertz CT molecular complexity index is 157. The number of nitrogens with zero attached hydrogens (tertiary/aromatic N) is 1. The van der Waals surface area contributed by atoms with Crippen molar-refractivity contribution in [2.75, 3.05) is 26.7 Å². The summed E-state index contributed by atoms with van der Waals surface area (Å²) in [6.07, 6.45) is 7.25. The highest BCUT2D eigenvalue weighted by molar-refractivity contribution is 4.77. The Labute approximate surface area is 96.8 Å². The van der Waals surface area contributed by atoms with Crippen molar-refractivity contribution in [3.63, 3.8) is 0 Å². The molecule has 1 heteroatoms. The minimum absolute atomic E-state index is 0.719. The van der Waals surface area contributed by atoms with Gasteiger partial charge in [-0.15, -0.1) is 6.58 Å². The lowest BCUT2D eigenvalue weighted by Gasteiger charge is -2.35. The van der Waals surface area contributed by atoms with Gasteiger partial charge in [0.25, 0.3) is 0 Å². The van der Waals surface area contributed by atoms with E-state index >= 15 is 0 Å². The van der Waals surface area contributed by atoms with Crippen LogP contribution >= 0.6 is 0 Å². The lowest BCUT2D eigenvalue weighted by Crippen LogP contribution is -2.46. The summed E-state index contributed by atoms with van der Waals surface area (Å²) in [6.45, 7) is 14.7. The second kappa shape index (κ2) is 7.92. The topological polar surface area (TPSA) is 0 Å². The second-order valence-electron chi connectivity index (χ2n) is 4.98. The van der Waals surface area contributed by atoms with Crippen molar-refractivity contribution in [1.82, 2.24) is 0 Å². The van der Waals surface area contributed by atoms with Gasteiger partial charge in [0.1, 0.15) is 0 Å². The molecule has 0 aromatic carbocycles. The molecule has 0 amide bonds. The van der Waals surface area contributed by atoms with E-state index in [2.05, 4.69) is 40.5 Å². The molecule has 0 saturated carbocycles. The smallest absolute Gasteiger partial charge is 0.0790 e. The summed E-state index contributed by atoms with van der Waals surface area (Å²) in [4.78, 5) is 0. The minimum atomic E-state index is 0.719. The van der Waals surface area contributed by atoms with Crippen molar-refractivity contribution < 1.29 is 4.48 Å². The van der Waals surface area contributed by atoms with E-state index in [4.69, 9.17) is 0 Å². The lowest BCUT2D eigenvalue weighted by atomic mass is 10.0. The van der Waals surface area contributed by atoms with Gasteiger partial charge in [-0.25, -0.2) is 0 Å². The highest BCUT2D eigenvalue weighted by atomic mass is 15.3. The average molecular weight is 212 g/mol. The molecule has 0 aliphatic heterocycles. The summed E-state index contributed by atoms with van der Waals surface area (Å²) in [5.41, 5.74) is 0. The molecule has 0 aromatic rings. The third-order valence-electron chi connectivity index (χ3n) is 3.42. The molecule has 1 nitrogen and oxygen atoms in total. The van der Waals surface area contributed by atoms with Crippen LogP contribution < -0.4 is 0 Å². The Morgan fingerprint density at radius 3 is 1.93 bits per heavy atom. The molecular formula is C14H30N+. The fraction of sp³-hybridized carbons (Fsp3) is 0.857. The van der Waals surface area contributed by atoms with Gasteiger partial charge in [0.15, 0.2) is 0 Å². The van der Waals surface area contributed by atoms with Crippen LogP contribution in [0.15, 0.2) is 12.7 Å². The van der Waals surface area contributed by atoms with Crippen LogP contribution in [0, 0.1) is 5.92 Å². The third kappa shape index (κ3) is 5.99. The molecule has 0 aromatic heterocycles. The maximum Gasteiger partial charge on any atom is 0.0790 e. The van der Waals surface area contributed by atoms with E-state index in [-0.39, 0.29) is 0 Å². The van der Waals surface area contributed by atoms with Crippen LogP contribution in [0.1, 0.15) is 46.5 Å². The zero-order valence-electron chi connectivity index (χ0n) is 11.3.